The van der Waals surface area contributed by atoms with Crippen LogP contribution in [0, 0.1) is 11.3 Å². The van der Waals surface area contributed by atoms with Gasteiger partial charge >= 0.3 is 0 Å². The number of rotatable bonds is 7. The van der Waals surface area contributed by atoms with Crippen molar-refractivity contribution in [2.45, 2.75) is 38.8 Å². The average Bonchev–Trinajstić information content (AvgIpc) is 3.26. The molecule has 3 N–H and O–H groups in total. The Bertz CT molecular complexity index is 988. The van der Waals surface area contributed by atoms with Gasteiger partial charge in [-0.2, -0.15) is 5.26 Å². The lowest BCUT2D eigenvalue weighted by molar-refractivity contribution is -0.703. The van der Waals surface area contributed by atoms with Gasteiger partial charge in [-0.3, -0.25) is 4.79 Å². The molecule has 0 saturated carbocycles. The van der Waals surface area contributed by atoms with E-state index in [0.29, 0.717) is 17.2 Å². The summed E-state index contributed by atoms with van der Waals surface area (Å²) in [5.41, 5.74) is 3.49. The minimum atomic E-state index is -0.321. The summed E-state index contributed by atoms with van der Waals surface area (Å²) in [5, 5.41) is 16.3. The number of para-hydroxylation sites is 1. The predicted octanol–water partition coefficient (Wildman–Crippen LogP) is 4.42. The molecule has 4 nitrogen and oxygen atoms in total. The molecule has 0 bridgehead atoms. The van der Waals surface area contributed by atoms with Crippen LogP contribution in [0.5, 0.6) is 0 Å². The predicted molar refractivity (Wildman–Crippen MR) is 118 cm³/mol. The number of benzene rings is 2. The zero-order chi connectivity index (χ0) is 20.8. The van der Waals surface area contributed by atoms with Gasteiger partial charge in [0.2, 0.25) is 0 Å². The van der Waals surface area contributed by atoms with Crippen LogP contribution in [0.3, 0.4) is 0 Å². The quantitative estimate of drug-likeness (QED) is 0.612. The number of nitriles is 1. The molecule has 5 heteroatoms. The number of nitrogens with one attached hydrogen (secondary N) is 1. The maximum Gasteiger partial charge on any atom is 0.282 e. The monoisotopic (exact) mass is 404 g/mol. The molecule has 0 unspecified atom stereocenters. The number of hydrogen-bond acceptors (Lipinski definition) is 3. The number of nitrogens with two attached hydrogens (primary N) is 1. The van der Waals surface area contributed by atoms with Crippen LogP contribution in [0.15, 0.2) is 66.0 Å². The van der Waals surface area contributed by atoms with E-state index in [0.717, 1.165) is 0 Å². The molecule has 148 valence electrons. The van der Waals surface area contributed by atoms with E-state index >= 15 is 0 Å². The first-order valence-electron chi connectivity index (χ1n) is 9.78. The van der Waals surface area contributed by atoms with Gasteiger partial charge < -0.3 is 10.6 Å². The summed E-state index contributed by atoms with van der Waals surface area (Å²) in [5.74, 6) is 0.367. The van der Waals surface area contributed by atoms with Gasteiger partial charge in [0.05, 0.1) is 16.1 Å². The standard InChI is InChI=1S/C24H25N3OS/c1-16(2)18-10-12-19(13-11-18)23(22-9-6-14-29-22)26-17(3)24(28)27-21-8-5-4-7-20(21)15-25/h4-14,16-17,23,26H,1-3H3,(H,27,28)/p+1/t17-,23-/m0/s1. The summed E-state index contributed by atoms with van der Waals surface area (Å²) < 4.78 is 0. The number of amides is 1. The molecule has 0 spiro atoms. The number of hydrogen-bond donors (Lipinski definition) is 2. The third-order valence-corrected chi connectivity index (χ3v) is 5.97. The van der Waals surface area contributed by atoms with Crippen molar-refractivity contribution < 1.29 is 10.1 Å². The Labute approximate surface area is 176 Å². The number of anilines is 1. The van der Waals surface area contributed by atoms with E-state index in [9.17, 15) is 10.1 Å². The van der Waals surface area contributed by atoms with Crippen molar-refractivity contribution in [3.05, 3.63) is 87.6 Å². The minimum Gasteiger partial charge on any atom is -0.326 e. The zero-order valence-corrected chi connectivity index (χ0v) is 17.7. The van der Waals surface area contributed by atoms with E-state index in [1.54, 1.807) is 29.5 Å². The molecular formula is C24H26N3OS+. The molecule has 0 fully saturated rings. The highest BCUT2D eigenvalue weighted by atomic mass is 32.1. The first-order valence-corrected chi connectivity index (χ1v) is 10.7. The van der Waals surface area contributed by atoms with Crippen LogP contribution in [-0.2, 0) is 4.79 Å². The Morgan fingerprint density at radius 3 is 2.31 bits per heavy atom. The maximum atomic E-state index is 12.8. The highest BCUT2D eigenvalue weighted by Gasteiger charge is 2.26. The van der Waals surface area contributed by atoms with E-state index in [4.69, 9.17) is 0 Å². The van der Waals surface area contributed by atoms with Crippen molar-refractivity contribution in [1.29, 1.82) is 5.26 Å². The summed E-state index contributed by atoms with van der Waals surface area (Å²) in [6.07, 6.45) is 0. The number of carbonyl (C=O) groups is 1. The topological polar surface area (TPSA) is 69.5 Å². The second-order valence-electron chi connectivity index (χ2n) is 7.44. The van der Waals surface area contributed by atoms with Crippen LogP contribution in [0.2, 0.25) is 0 Å². The van der Waals surface area contributed by atoms with Crippen LogP contribution >= 0.6 is 11.3 Å². The first kappa shape index (κ1) is 20.8. The molecule has 1 heterocycles. The molecule has 0 saturated heterocycles. The van der Waals surface area contributed by atoms with E-state index in [1.165, 1.54) is 16.0 Å². The van der Waals surface area contributed by atoms with Crippen molar-refractivity contribution in [3.8, 4) is 6.07 Å². The van der Waals surface area contributed by atoms with E-state index in [-0.39, 0.29) is 18.0 Å². The van der Waals surface area contributed by atoms with E-state index in [2.05, 4.69) is 66.3 Å². The molecule has 29 heavy (non-hydrogen) atoms. The smallest absolute Gasteiger partial charge is 0.282 e. The molecule has 2 atom stereocenters. The van der Waals surface area contributed by atoms with Crippen LogP contribution in [0.25, 0.3) is 0 Å². The molecule has 0 radical (unpaired) electrons. The van der Waals surface area contributed by atoms with Gasteiger partial charge in [-0.15, -0.1) is 11.3 Å². The third kappa shape index (κ3) is 5.11. The van der Waals surface area contributed by atoms with Crippen LogP contribution in [-0.4, -0.2) is 11.9 Å². The molecular weight excluding hydrogens is 378 g/mol. The molecule has 3 rings (SSSR count). The molecule has 0 aliphatic carbocycles. The minimum absolute atomic E-state index is 0.0446. The van der Waals surface area contributed by atoms with Crippen LogP contribution in [0.1, 0.15) is 54.3 Å². The highest BCUT2D eigenvalue weighted by molar-refractivity contribution is 7.10. The molecule has 3 aromatic rings. The normalized spacial score (nSPS) is 12.9. The Morgan fingerprint density at radius 1 is 1.00 bits per heavy atom. The third-order valence-electron chi connectivity index (χ3n) is 5.01. The molecule has 1 aromatic heterocycles. The van der Waals surface area contributed by atoms with Gasteiger partial charge in [0.15, 0.2) is 6.04 Å². The highest BCUT2D eigenvalue weighted by Crippen LogP contribution is 2.25. The second-order valence-corrected chi connectivity index (χ2v) is 8.42. The molecule has 1 amide bonds. The van der Waals surface area contributed by atoms with Gasteiger partial charge in [-0.1, -0.05) is 56.3 Å². The Balaban J connectivity index is 1.79. The molecule has 0 aliphatic rings. The summed E-state index contributed by atoms with van der Waals surface area (Å²) in [4.78, 5) is 14.0. The second kappa shape index (κ2) is 9.51. The summed E-state index contributed by atoms with van der Waals surface area (Å²) in [7, 11) is 0. The van der Waals surface area contributed by atoms with Gasteiger partial charge in [0.1, 0.15) is 12.1 Å². The van der Waals surface area contributed by atoms with Crippen LogP contribution in [0.4, 0.5) is 5.69 Å². The Morgan fingerprint density at radius 2 is 1.69 bits per heavy atom. The summed E-state index contributed by atoms with van der Waals surface area (Å²) in [6, 6.07) is 21.7. The van der Waals surface area contributed by atoms with Crippen molar-refractivity contribution in [3.63, 3.8) is 0 Å². The van der Waals surface area contributed by atoms with Crippen molar-refractivity contribution in [2.24, 2.45) is 0 Å². The fraction of sp³-hybridized carbons (Fsp3) is 0.250. The van der Waals surface area contributed by atoms with Gasteiger partial charge in [-0.05, 0) is 42.0 Å². The first-order chi connectivity index (χ1) is 14.0. The molecule has 0 aliphatic heterocycles. The lowest BCUT2D eigenvalue weighted by atomic mass is 9.98. The Hall–Kier alpha value is -2.94. The Kier molecular flexibility index (Phi) is 6.82. The fourth-order valence-electron chi connectivity index (χ4n) is 3.24. The van der Waals surface area contributed by atoms with Gasteiger partial charge in [-0.25, -0.2) is 0 Å². The van der Waals surface area contributed by atoms with Crippen LogP contribution < -0.4 is 10.6 Å². The number of thiophene rings is 1. The number of quaternary nitrogens is 1. The SMILES string of the molecule is CC(C)c1ccc([C@H]([NH2+][C@@H](C)C(=O)Nc2ccccc2C#N)c2cccs2)cc1. The number of nitrogens with zero attached hydrogens (tertiary/aromatic N) is 1. The zero-order valence-electron chi connectivity index (χ0n) is 16.9. The number of carbonyl (C=O) groups excluding carboxylic acids is 1. The van der Waals surface area contributed by atoms with Gasteiger partial charge in [0, 0.05) is 5.56 Å². The lowest BCUT2D eigenvalue weighted by Gasteiger charge is -2.20. The van der Waals surface area contributed by atoms with E-state index < -0.39 is 0 Å². The van der Waals surface area contributed by atoms with E-state index in [1.807, 2.05) is 19.1 Å². The summed E-state index contributed by atoms with van der Waals surface area (Å²) >= 11 is 1.69. The summed E-state index contributed by atoms with van der Waals surface area (Å²) in [6.45, 7) is 6.26. The van der Waals surface area contributed by atoms with Crippen molar-refractivity contribution >= 4 is 22.9 Å². The van der Waals surface area contributed by atoms with Crippen molar-refractivity contribution in [2.75, 3.05) is 5.32 Å². The fourth-order valence-corrected chi connectivity index (χ4v) is 4.07. The van der Waals surface area contributed by atoms with Crippen molar-refractivity contribution in [1.82, 2.24) is 0 Å². The largest absolute Gasteiger partial charge is 0.326 e. The lowest BCUT2D eigenvalue weighted by Crippen LogP contribution is -2.92. The average molecular weight is 405 g/mol. The molecule has 2 aromatic carbocycles. The maximum absolute atomic E-state index is 12.8. The van der Waals surface area contributed by atoms with Gasteiger partial charge in [0.25, 0.3) is 5.91 Å².